The van der Waals surface area contributed by atoms with Crippen molar-refractivity contribution in [2.75, 3.05) is 32.8 Å². The van der Waals surface area contributed by atoms with Gasteiger partial charge < -0.3 is 4.74 Å². The Morgan fingerprint density at radius 2 is 1.92 bits per heavy atom. The van der Waals surface area contributed by atoms with Crippen LogP contribution >= 0.6 is 0 Å². The minimum Gasteiger partial charge on any atom is -0.371 e. The molecule has 2 aromatic rings. The quantitative estimate of drug-likeness (QED) is 0.833. The third-order valence-corrected chi connectivity index (χ3v) is 5.72. The molecule has 0 aliphatic carbocycles. The second-order valence-corrected chi connectivity index (χ2v) is 7.78. The van der Waals surface area contributed by atoms with Gasteiger partial charge >= 0.3 is 0 Å². The minimum absolute atomic E-state index is 0.0592. The summed E-state index contributed by atoms with van der Waals surface area (Å²) in [6.45, 7) is 2.49. The SMILES string of the molecule is O=S(=O)(NCCN1CCOC(c2ccccc2)C1)c1ccc(F)cc1F. The van der Waals surface area contributed by atoms with Gasteiger partial charge in [0.15, 0.2) is 0 Å². The summed E-state index contributed by atoms with van der Waals surface area (Å²) in [7, 11) is -4.02. The molecule has 8 heteroatoms. The Morgan fingerprint density at radius 3 is 2.65 bits per heavy atom. The number of nitrogens with zero attached hydrogens (tertiary/aromatic N) is 1. The number of halogens is 2. The van der Waals surface area contributed by atoms with Crippen LogP contribution in [0, 0.1) is 11.6 Å². The lowest BCUT2D eigenvalue weighted by Crippen LogP contribution is -2.42. The summed E-state index contributed by atoms with van der Waals surface area (Å²) in [5.41, 5.74) is 1.08. The molecule has 3 rings (SSSR count). The number of sulfonamides is 1. The van der Waals surface area contributed by atoms with Gasteiger partial charge in [0.2, 0.25) is 10.0 Å². The molecule has 1 fully saturated rings. The number of ether oxygens (including phenoxy) is 1. The van der Waals surface area contributed by atoms with E-state index in [-0.39, 0.29) is 12.6 Å². The maximum absolute atomic E-state index is 13.7. The summed E-state index contributed by atoms with van der Waals surface area (Å²) in [5, 5.41) is 0. The van der Waals surface area contributed by atoms with Gasteiger partial charge in [0.1, 0.15) is 16.5 Å². The Kier molecular flexibility index (Phi) is 5.98. The Balaban J connectivity index is 1.55. The van der Waals surface area contributed by atoms with E-state index >= 15 is 0 Å². The maximum Gasteiger partial charge on any atom is 0.243 e. The summed E-state index contributed by atoms with van der Waals surface area (Å²) in [4.78, 5) is 1.54. The summed E-state index contributed by atoms with van der Waals surface area (Å²) in [6.07, 6.45) is -0.0592. The predicted octanol–water partition coefficient (Wildman–Crippen LogP) is 2.32. The first kappa shape index (κ1) is 18.9. The molecule has 0 amide bonds. The molecule has 0 saturated carbocycles. The molecule has 0 radical (unpaired) electrons. The number of morpholine rings is 1. The van der Waals surface area contributed by atoms with Crippen molar-refractivity contribution in [3.8, 4) is 0 Å². The lowest BCUT2D eigenvalue weighted by molar-refractivity contribution is -0.0291. The molecule has 5 nitrogen and oxygen atoms in total. The van der Waals surface area contributed by atoms with Crippen molar-refractivity contribution in [2.45, 2.75) is 11.0 Å². The molecular weight excluding hydrogens is 362 g/mol. The van der Waals surface area contributed by atoms with Crippen molar-refractivity contribution in [2.24, 2.45) is 0 Å². The van der Waals surface area contributed by atoms with E-state index in [1.165, 1.54) is 0 Å². The van der Waals surface area contributed by atoms with E-state index in [1.807, 2.05) is 30.3 Å². The monoisotopic (exact) mass is 382 g/mol. The van der Waals surface area contributed by atoms with Gasteiger partial charge in [0, 0.05) is 32.2 Å². The second-order valence-electron chi connectivity index (χ2n) is 6.04. The highest BCUT2D eigenvalue weighted by atomic mass is 32.2. The van der Waals surface area contributed by atoms with Gasteiger partial charge in [-0.05, 0) is 17.7 Å². The van der Waals surface area contributed by atoms with Gasteiger partial charge in [0.05, 0.1) is 12.7 Å². The van der Waals surface area contributed by atoms with Crippen molar-refractivity contribution < 1.29 is 21.9 Å². The topological polar surface area (TPSA) is 58.6 Å². The standard InChI is InChI=1S/C18H20F2N2O3S/c19-15-6-7-18(16(20)12-15)26(23,24)21-8-9-22-10-11-25-17(13-22)14-4-2-1-3-5-14/h1-7,12,17,21H,8-11,13H2. The molecular formula is C18H20F2N2O3S. The van der Waals surface area contributed by atoms with E-state index in [0.29, 0.717) is 32.3 Å². The summed E-state index contributed by atoms with van der Waals surface area (Å²) in [5.74, 6) is -1.92. The van der Waals surface area contributed by atoms with E-state index in [2.05, 4.69) is 9.62 Å². The van der Waals surface area contributed by atoms with E-state index in [9.17, 15) is 17.2 Å². The van der Waals surface area contributed by atoms with Crippen LogP contribution in [0.15, 0.2) is 53.4 Å². The van der Waals surface area contributed by atoms with Crippen LogP contribution in [0.1, 0.15) is 11.7 Å². The number of hydrogen-bond acceptors (Lipinski definition) is 4. The van der Waals surface area contributed by atoms with Crippen molar-refractivity contribution >= 4 is 10.0 Å². The second kappa shape index (κ2) is 8.22. The smallest absolute Gasteiger partial charge is 0.243 e. The zero-order valence-corrected chi connectivity index (χ0v) is 14.9. The molecule has 1 saturated heterocycles. The van der Waals surface area contributed by atoms with E-state index in [4.69, 9.17) is 4.74 Å². The van der Waals surface area contributed by atoms with Crippen LogP contribution in [0.4, 0.5) is 8.78 Å². The molecule has 1 atom stereocenters. The van der Waals surface area contributed by atoms with E-state index in [0.717, 1.165) is 17.7 Å². The van der Waals surface area contributed by atoms with Gasteiger partial charge in [-0.25, -0.2) is 21.9 Å². The first-order chi connectivity index (χ1) is 12.5. The van der Waals surface area contributed by atoms with Crippen LogP contribution in [0.5, 0.6) is 0 Å². The lowest BCUT2D eigenvalue weighted by atomic mass is 10.1. The van der Waals surface area contributed by atoms with Crippen LogP contribution in [0.2, 0.25) is 0 Å². The number of benzene rings is 2. The maximum atomic E-state index is 13.7. The highest BCUT2D eigenvalue weighted by molar-refractivity contribution is 7.89. The summed E-state index contributed by atoms with van der Waals surface area (Å²) < 4.78 is 59.1. The highest BCUT2D eigenvalue weighted by Crippen LogP contribution is 2.21. The third-order valence-electron chi connectivity index (χ3n) is 4.23. The van der Waals surface area contributed by atoms with Crippen molar-refractivity contribution in [3.05, 3.63) is 65.7 Å². The van der Waals surface area contributed by atoms with Crippen LogP contribution in [-0.2, 0) is 14.8 Å². The minimum atomic E-state index is -4.02. The molecule has 140 valence electrons. The molecule has 1 heterocycles. The average Bonchev–Trinajstić information content (AvgIpc) is 2.62. The molecule has 1 aliphatic heterocycles. The highest BCUT2D eigenvalue weighted by Gasteiger charge is 2.23. The van der Waals surface area contributed by atoms with Crippen LogP contribution in [-0.4, -0.2) is 46.1 Å². The van der Waals surface area contributed by atoms with Crippen molar-refractivity contribution in [1.82, 2.24) is 9.62 Å². The first-order valence-electron chi connectivity index (χ1n) is 8.29. The molecule has 0 bridgehead atoms. The van der Waals surface area contributed by atoms with Gasteiger partial charge in [-0.2, -0.15) is 0 Å². The fourth-order valence-corrected chi connectivity index (χ4v) is 3.96. The molecule has 1 aliphatic rings. The van der Waals surface area contributed by atoms with Crippen LogP contribution < -0.4 is 4.72 Å². The Morgan fingerprint density at radius 1 is 1.15 bits per heavy atom. The summed E-state index contributed by atoms with van der Waals surface area (Å²) >= 11 is 0. The number of hydrogen-bond donors (Lipinski definition) is 1. The molecule has 1 unspecified atom stereocenters. The first-order valence-corrected chi connectivity index (χ1v) is 9.77. The fraction of sp³-hybridized carbons (Fsp3) is 0.333. The van der Waals surface area contributed by atoms with Gasteiger partial charge in [-0.3, -0.25) is 4.90 Å². The Labute approximate surface area is 151 Å². The van der Waals surface area contributed by atoms with Crippen LogP contribution in [0.3, 0.4) is 0 Å². The zero-order chi connectivity index (χ0) is 18.6. The largest absolute Gasteiger partial charge is 0.371 e. The normalized spacial score (nSPS) is 18.8. The summed E-state index contributed by atoms with van der Waals surface area (Å²) in [6, 6.07) is 12.2. The van der Waals surface area contributed by atoms with Gasteiger partial charge in [-0.1, -0.05) is 30.3 Å². The number of nitrogens with one attached hydrogen (secondary N) is 1. The molecule has 2 aromatic carbocycles. The molecule has 0 spiro atoms. The van der Waals surface area contributed by atoms with Crippen molar-refractivity contribution in [3.63, 3.8) is 0 Å². The van der Waals surface area contributed by atoms with E-state index < -0.39 is 26.6 Å². The third kappa shape index (κ3) is 4.64. The zero-order valence-electron chi connectivity index (χ0n) is 14.1. The van der Waals surface area contributed by atoms with Crippen molar-refractivity contribution in [1.29, 1.82) is 0 Å². The van der Waals surface area contributed by atoms with Crippen LogP contribution in [0.25, 0.3) is 0 Å². The molecule has 26 heavy (non-hydrogen) atoms. The number of rotatable bonds is 6. The Hall–Kier alpha value is -1.87. The van der Waals surface area contributed by atoms with E-state index in [1.54, 1.807) is 0 Å². The molecule has 0 aromatic heterocycles. The van der Waals surface area contributed by atoms with Gasteiger partial charge in [-0.15, -0.1) is 0 Å². The molecule has 1 N–H and O–H groups in total. The predicted molar refractivity (Wildman–Crippen MR) is 93.1 cm³/mol. The lowest BCUT2D eigenvalue weighted by Gasteiger charge is -2.33. The fourth-order valence-electron chi connectivity index (χ4n) is 2.88. The van der Waals surface area contributed by atoms with Gasteiger partial charge in [0.25, 0.3) is 0 Å². The Bertz CT molecular complexity index is 847. The average molecular weight is 382 g/mol.